The zero-order valence-corrected chi connectivity index (χ0v) is 10.1. The van der Waals surface area contributed by atoms with Gasteiger partial charge in [0.05, 0.1) is 0 Å². The summed E-state index contributed by atoms with van der Waals surface area (Å²) in [6.07, 6.45) is 0.547. The van der Waals surface area contributed by atoms with Gasteiger partial charge >= 0.3 is 0 Å². The van der Waals surface area contributed by atoms with Crippen molar-refractivity contribution in [3.05, 3.63) is 35.4 Å². The Labute approximate surface area is 92.7 Å². The van der Waals surface area contributed by atoms with Crippen LogP contribution in [0.3, 0.4) is 0 Å². The van der Waals surface area contributed by atoms with Gasteiger partial charge in [-0.05, 0) is 12.5 Å². The Kier molecular flexibility index (Phi) is 7.33. The Morgan fingerprint density at radius 1 is 1.33 bits per heavy atom. The maximum Gasteiger partial charge on any atom is 0.219 e. The Balaban J connectivity index is 0.000000921. The number of benzene rings is 1. The molecule has 0 fully saturated rings. The Morgan fingerprint density at radius 3 is 2.53 bits per heavy atom. The molecule has 0 aromatic heterocycles. The first-order chi connectivity index (χ1) is 7.22. The van der Waals surface area contributed by atoms with Crippen molar-refractivity contribution in [1.82, 2.24) is 5.32 Å². The lowest BCUT2D eigenvalue weighted by Gasteiger charge is -2.03. The van der Waals surface area contributed by atoms with Crippen LogP contribution < -0.4 is 5.32 Å². The van der Waals surface area contributed by atoms with Crippen LogP contribution in [0.2, 0.25) is 0 Å². The molecule has 0 saturated carbocycles. The van der Waals surface area contributed by atoms with Crippen LogP contribution in [0.1, 0.15) is 38.3 Å². The van der Waals surface area contributed by atoms with Crippen molar-refractivity contribution in [3.63, 3.8) is 0 Å². The number of carbonyl (C=O) groups excluding carboxylic acids is 1. The minimum atomic E-state index is 0.0986. The average molecular weight is 207 g/mol. The molecule has 0 radical (unpaired) electrons. The van der Waals surface area contributed by atoms with Gasteiger partial charge in [-0.3, -0.25) is 4.79 Å². The molecule has 1 amide bonds. The van der Waals surface area contributed by atoms with Crippen molar-refractivity contribution in [3.8, 4) is 0 Å². The van der Waals surface area contributed by atoms with Gasteiger partial charge in [0, 0.05) is 13.0 Å². The van der Waals surface area contributed by atoms with Crippen molar-refractivity contribution in [2.45, 2.75) is 40.7 Å². The average Bonchev–Trinajstić information content (AvgIpc) is 2.29. The van der Waals surface area contributed by atoms with Gasteiger partial charge in [-0.1, -0.05) is 50.6 Å². The van der Waals surface area contributed by atoms with Gasteiger partial charge in [0.1, 0.15) is 0 Å². The van der Waals surface area contributed by atoms with Crippen LogP contribution in [0.15, 0.2) is 24.3 Å². The molecule has 1 N–H and O–H groups in total. The topological polar surface area (TPSA) is 29.1 Å². The fourth-order valence-corrected chi connectivity index (χ4v) is 1.15. The van der Waals surface area contributed by atoms with Gasteiger partial charge < -0.3 is 5.32 Å². The van der Waals surface area contributed by atoms with Crippen molar-refractivity contribution in [2.24, 2.45) is 0 Å². The first-order valence-corrected chi connectivity index (χ1v) is 5.54. The number of hydrogen-bond donors (Lipinski definition) is 1. The number of aryl methyl sites for hydroxylation is 1. The zero-order valence-electron chi connectivity index (χ0n) is 10.1. The highest BCUT2D eigenvalue weighted by Crippen LogP contribution is 2.02. The van der Waals surface area contributed by atoms with Gasteiger partial charge in [-0.25, -0.2) is 0 Å². The number of rotatable bonds is 3. The van der Waals surface area contributed by atoms with Crippen LogP contribution in [-0.2, 0) is 11.3 Å². The second-order valence-corrected chi connectivity index (χ2v) is 3.12. The first-order valence-electron chi connectivity index (χ1n) is 5.54. The molecule has 0 unspecified atom stereocenters. The maximum atomic E-state index is 11.0. The molecular formula is C13H21NO. The third-order valence-corrected chi connectivity index (χ3v) is 1.89. The van der Waals surface area contributed by atoms with E-state index in [-0.39, 0.29) is 5.91 Å². The van der Waals surface area contributed by atoms with Gasteiger partial charge in [0.2, 0.25) is 5.91 Å². The van der Waals surface area contributed by atoms with E-state index in [1.165, 1.54) is 5.56 Å². The van der Waals surface area contributed by atoms with E-state index in [2.05, 4.69) is 11.4 Å². The number of hydrogen-bond acceptors (Lipinski definition) is 1. The summed E-state index contributed by atoms with van der Waals surface area (Å²) in [4.78, 5) is 11.0. The van der Waals surface area contributed by atoms with E-state index in [0.29, 0.717) is 13.0 Å². The van der Waals surface area contributed by atoms with E-state index >= 15 is 0 Å². The van der Waals surface area contributed by atoms with Crippen molar-refractivity contribution in [2.75, 3.05) is 0 Å². The molecule has 0 bridgehead atoms. The summed E-state index contributed by atoms with van der Waals surface area (Å²) in [6.45, 7) is 8.53. The molecule has 2 heteroatoms. The number of carbonyl (C=O) groups is 1. The Hall–Kier alpha value is -1.31. The van der Waals surface area contributed by atoms with E-state index in [0.717, 1.165) is 5.56 Å². The van der Waals surface area contributed by atoms with Crippen molar-refractivity contribution in [1.29, 1.82) is 0 Å². The smallest absolute Gasteiger partial charge is 0.219 e. The number of amides is 1. The van der Waals surface area contributed by atoms with Gasteiger partial charge in [0.15, 0.2) is 0 Å². The second-order valence-electron chi connectivity index (χ2n) is 3.12. The normalized spacial score (nSPS) is 8.80. The summed E-state index contributed by atoms with van der Waals surface area (Å²) in [6, 6.07) is 8.15. The lowest BCUT2D eigenvalue weighted by atomic mass is 10.1. The molecule has 1 aromatic rings. The van der Waals surface area contributed by atoms with Gasteiger partial charge in [-0.15, -0.1) is 0 Å². The lowest BCUT2D eigenvalue weighted by Crippen LogP contribution is -2.21. The summed E-state index contributed by atoms with van der Waals surface area (Å²) in [5.41, 5.74) is 2.38. The van der Waals surface area contributed by atoms with E-state index < -0.39 is 0 Å². The standard InChI is InChI=1S/C11H15NO.C2H6/c1-3-11(13)12-8-10-6-4-5-9(2)7-10;1-2/h4-7H,3,8H2,1-2H3,(H,12,13);1-2H3. The molecule has 0 aliphatic rings. The summed E-state index contributed by atoms with van der Waals surface area (Å²) in [7, 11) is 0. The molecular weight excluding hydrogens is 186 g/mol. The minimum Gasteiger partial charge on any atom is -0.352 e. The first kappa shape index (κ1) is 13.7. The fourth-order valence-electron chi connectivity index (χ4n) is 1.15. The summed E-state index contributed by atoms with van der Waals surface area (Å²) < 4.78 is 0. The predicted molar refractivity (Wildman–Crippen MR) is 64.7 cm³/mol. The molecule has 1 aromatic carbocycles. The fraction of sp³-hybridized carbons (Fsp3) is 0.462. The molecule has 0 aliphatic heterocycles. The van der Waals surface area contributed by atoms with Crippen LogP contribution in [0.5, 0.6) is 0 Å². The Morgan fingerprint density at radius 2 is 2.00 bits per heavy atom. The summed E-state index contributed by atoms with van der Waals surface area (Å²) in [5.74, 6) is 0.0986. The highest BCUT2D eigenvalue weighted by Gasteiger charge is 1.96. The lowest BCUT2D eigenvalue weighted by molar-refractivity contribution is -0.120. The summed E-state index contributed by atoms with van der Waals surface area (Å²) in [5, 5.41) is 2.84. The van der Waals surface area contributed by atoms with E-state index in [1.807, 2.05) is 45.9 Å². The van der Waals surface area contributed by atoms with Crippen LogP contribution in [0.4, 0.5) is 0 Å². The molecule has 1 rings (SSSR count). The van der Waals surface area contributed by atoms with Gasteiger partial charge in [0.25, 0.3) is 0 Å². The van der Waals surface area contributed by atoms with Crippen molar-refractivity contribution >= 4 is 5.91 Å². The third kappa shape index (κ3) is 5.89. The molecule has 0 atom stereocenters. The quantitative estimate of drug-likeness (QED) is 0.811. The summed E-state index contributed by atoms with van der Waals surface area (Å²) >= 11 is 0. The minimum absolute atomic E-state index is 0.0986. The van der Waals surface area contributed by atoms with Crippen LogP contribution in [-0.4, -0.2) is 5.91 Å². The molecule has 0 saturated heterocycles. The highest BCUT2D eigenvalue weighted by atomic mass is 16.1. The molecule has 2 nitrogen and oxygen atoms in total. The van der Waals surface area contributed by atoms with Crippen molar-refractivity contribution < 1.29 is 4.79 Å². The largest absolute Gasteiger partial charge is 0.352 e. The predicted octanol–water partition coefficient (Wildman–Crippen LogP) is 3.05. The SMILES string of the molecule is CC.CCC(=O)NCc1cccc(C)c1. The highest BCUT2D eigenvalue weighted by molar-refractivity contribution is 5.75. The van der Waals surface area contributed by atoms with E-state index in [1.54, 1.807) is 0 Å². The number of nitrogens with one attached hydrogen (secondary N) is 1. The molecule has 0 spiro atoms. The third-order valence-electron chi connectivity index (χ3n) is 1.89. The second kappa shape index (κ2) is 8.04. The van der Waals surface area contributed by atoms with Crippen LogP contribution in [0.25, 0.3) is 0 Å². The monoisotopic (exact) mass is 207 g/mol. The van der Waals surface area contributed by atoms with E-state index in [9.17, 15) is 4.79 Å². The van der Waals surface area contributed by atoms with Crippen LogP contribution >= 0.6 is 0 Å². The molecule has 0 heterocycles. The zero-order chi connectivity index (χ0) is 11.7. The molecule has 84 valence electrons. The van der Waals surface area contributed by atoms with E-state index in [4.69, 9.17) is 0 Å². The molecule has 0 aliphatic carbocycles. The Bertz CT molecular complexity index is 294. The maximum absolute atomic E-state index is 11.0. The van der Waals surface area contributed by atoms with Gasteiger partial charge in [-0.2, -0.15) is 0 Å². The molecule has 15 heavy (non-hydrogen) atoms. The van der Waals surface area contributed by atoms with Crippen LogP contribution in [0, 0.1) is 6.92 Å².